The molecule has 7 nitrogen and oxygen atoms in total. The Balaban J connectivity index is 1.27. The van der Waals surface area contributed by atoms with Crippen molar-refractivity contribution in [3.63, 3.8) is 0 Å². The summed E-state index contributed by atoms with van der Waals surface area (Å²) in [7, 11) is 1.67. The van der Waals surface area contributed by atoms with Gasteiger partial charge in [0.15, 0.2) is 5.78 Å². The highest BCUT2D eigenvalue weighted by Gasteiger charge is 2.43. The van der Waals surface area contributed by atoms with Crippen molar-refractivity contribution >= 4 is 34.0 Å². The minimum absolute atomic E-state index is 0.0405. The molecule has 0 radical (unpaired) electrons. The molecule has 0 spiro atoms. The first kappa shape index (κ1) is 27.2. The fourth-order valence-electron chi connectivity index (χ4n) is 6.90. The van der Waals surface area contributed by atoms with Gasteiger partial charge in [-0.3, -0.25) is 9.59 Å². The number of H-pyrrole nitrogens is 1. The Morgan fingerprint density at radius 3 is 2.80 bits per heavy atom. The molecule has 3 aromatic rings. The number of Topliss-reactive ketones (excluding diaryl/α,β-unsaturated/α-hetero) is 1. The summed E-state index contributed by atoms with van der Waals surface area (Å²) >= 11 is 0. The summed E-state index contributed by atoms with van der Waals surface area (Å²) in [6, 6.07) is 14.0. The van der Waals surface area contributed by atoms with Gasteiger partial charge in [-0.1, -0.05) is 38.1 Å². The molecule has 2 heterocycles. The maximum atomic E-state index is 13.8. The number of anilines is 2. The molecule has 214 valence electrons. The van der Waals surface area contributed by atoms with Gasteiger partial charge in [0, 0.05) is 41.3 Å². The zero-order valence-corrected chi connectivity index (χ0v) is 24.3. The third kappa shape index (κ3) is 5.50. The highest BCUT2D eigenvalue weighted by atomic mass is 16.5. The lowest BCUT2D eigenvalue weighted by Crippen LogP contribution is -2.50. The quantitative estimate of drug-likeness (QED) is 0.307. The number of aromatic nitrogens is 1. The van der Waals surface area contributed by atoms with Gasteiger partial charge in [-0.2, -0.15) is 0 Å². The van der Waals surface area contributed by atoms with E-state index in [0.717, 1.165) is 70.5 Å². The fraction of sp³-hybridized carbons (Fsp3) is 0.412. The predicted molar refractivity (Wildman–Crippen MR) is 164 cm³/mol. The van der Waals surface area contributed by atoms with Gasteiger partial charge in [0.05, 0.1) is 31.1 Å². The van der Waals surface area contributed by atoms with Crippen molar-refractivity contribution < 1.29 is 14.3 Å². The predicted octanol–water partition coefficient (Wildman–Crippen LogP) is 6.14. The van der Waals surface area contributed by atoms with Crippen LogP contribution in [0.4, 0.5) is 11.4 Å². The summed E-state index contributed by atoms with van der Waals surface area (Å²) in [5.41, 5.74) is 5.92. The monoisotopic (exact) mass is 552 g/mol. The first-order chi connectivity index (χ1) is 19.8. The molecule has 2 aliphatic carbocycles. The zero-order chi connectivity index (χ0) is 28.6. The van der Waals surface area contributed by atoms with Crippen LogP contribution in [-0.2, 0) is 16.0 Å². The molecule has 0 saturated carbocycles. The Bertz CT molecular complexity index is 1530. The van der Waals surface area contributed by atoms with Gasteiger partial charge in [-0.15, -0.1) is 0 Å². The molecule has 41 heavy (non-hydrogen) atoms. The minimum Gasteiger partial charge on any atom is -0.497 e. The van der Waals surface area contributed by atoms with Crippen molar-refractivity contribution in [3.05, 3.63) is 77.6 Å². The molecule has 1 aromatic heterocycles. The summed E-state index contributed by atoms with van der Waals surface area (Å²) in [4.78, 5) is 32.9. The lowest BCUT2D eigenvalue weighted by molar-refractivity contribution is -0.120. The smallest absolute Gasteiger partial charge is 0.239 e. The topological polar surface area (TPSA) is 86.5 Å². The molecule has 3 aliphatic rings. The Kier molecular flexibility index (Phi) is 7.37. The van der Waals surface area contributed by atoms with E-state index in [1.807, 2.05) is 36.5 Å². The van der Waals surface area contributed by atoms with Gasteiger partial charge in [-0.05, 0) is 79.3 Å². The highest BCUT2D eigenvalue weighted by Crippen LogP contribution is 2.46. The summed E-state index contributed by atoms with van der Waals surface area (Å²) < 4.78 is 5.40. The van der Waals surface area contributed by atoms with Crippen LogP contribution in [0.25, 0.3) is 10.9 Å². The Labute approximate surface area is 242 Å². The van der Waals surface area contributed by atoms with Gasteiger partial charge in [0.25, 0.3) is 0 Å². The average Bonchev–Trinajstić information content (AvgIpc) is 3.30. The van der Waals surface area contributed by atoms with E-state index in [9.17, 15) is 9.59 Å². The van der Waals surface area contributed by atoms with Gasteiger partial charge < -0.3 is 25.3 Å². The van der Waals surface area contributed by atoms with Gasteiger partial charge in [-0.25, -0.2) is 0 Å². The molecule has 2 atom stereocenters. The second-order valence-electron chi connectivity index (χ2n) is 12.4. The number of para-hydroxylation sites is 2. The number of carbonyl (C=O) groups is 2. The molecule has 2 unspecified atom stereocenters. The van der Waals surface area contributed by atoms with Crippen molar-refractivity contribution in [2.75, 3.05) is 30.4 Å². The van der Waals surface area contributed by atoms with E-state index in [0.29, 0.717) is 19.4 Å². The van der Waals surface area contributed by atoms with E-state index in [1.54, 1.807) is 7.11 Å². The molecule has 0 bridgehead atoms. The molecule has 0 fully saturated rings. The Hall–Kier alpha value is -4.00. The molecular weight excluding hydrogens is 512 g/mol. The number of nitrogens with zero attached hydrogens (tertiary/aromatic N) is 1. The molecule has 1 amide bonds. The second kappa shape index (κ2) is 11.1. The zero-order valence-electron chi connectivity index (χ0n) is 24.3. The van der Waals surface area contributed by atoms with Crippen molar-refractivity contribution in [1.82, 2.24) is 10.3 Å². The number of rotatable bonds is 7. The van der Waals surface area contributed by atoms with Crippen LogP contribution in [0.5, 0.6) is 5.75 Å². The highest BCUT2D eigenvalue weighted by molar-refractivity contribution is 6.01. The Morgan fingerprint density at radius 1 is 1.15 bits per heavy atom. The average molecular weight is 553 g/mol. The number of fused-ring (bicyclic) bond motifs is 2. The van der Waals surface area contributed by atoms with E-state index in [1.165, 1.54) is 0 Å². The van der Waals surface area contributed by atoms with Crippen LogP contribution >= 0.6 is 0 Å². The van der Waals surface area contributed by atoms with Crippen LogP contribution in [0, 0.1) is 11.3 Å². The van der Waals surface area contributed by atoms with Crippen molar-refractivity contribution in [3.8, 4) is 5.75 Å². The summed E-state index contributed by atoms with van der Waals surface area (Å²) in [6.45, 7) is 5.05. The number of nitrogens with one attached hydrogen (secondary N) is 3. The van der Waals surface area contributed by atoms with E-state index in [-0.39, 0.29) is 35.6 Å². The summed E-state index contributed by atoms with van der Waals surface area (Å²) in [5, 5.41) is 7.94. The van der Waals surface area contributed by atoms with Crippen molar-refractivity contribution in [1.29, 1.82) is 0 Å². The lowest BCUT2D eigenvalue weighted by Gasteiger charge is -2.41. The van der Waals surface area contributed by atoms with E-state index in [4.69, 9.17) is 4.74 Å². The van der Waals surface area contributed by atoms with Gasteiger partial charge >= 0.3 is 0 Å². The normalized spacial score (nSPS) is 21.6. The second-order valence-corrected chi connectivity index (χ2v) is 12.4. The molecule has 0 saturated heterocycles. The van der Waals surface area contributed by atoms with Gasteiger partial charge in [0.2, 0.25) is 5.91 Å². The van der Waals surface area contributed by atoms with Crippen LogP contribution < -0.4 is 20.3 Å². The number of amides is 1. The fourth-order valence-corrected chi connectivity index (χ4v) is 6.90. The number of allylic oxidation sites excluding steroid dienone is 3. The number of carbonyl (C=O) groups excluding carboxylic acids is 2. The first-order valence-electron chi connectivity index (χ1n) is 14.8. The number of hydrogen-bond acceptors (Lipinski definition) is 5. The number of benzene rings is 2. The summed E-state index contributed by atoms with van der Waals surface area (Å²) in [6.07, 6.45) is 11.4. The van der Waals surface area contributed by atoms with E-state index < -0.39 is 0 Å². The van der Waals surface area contributed by atoms with Crippen LogP contribution in [0.1, 0.15) is 51.5 Å². The minimum atomic E-state index is -0.151. The summed E-state index contributed by atoms with van der Waals surface area (Å²) in [5.74, 6) is 1.24. The number of hydrogen-bond donors (Lipinski definition) is 3. The number of aromatic amines is 1. The van der Waals surface area contributed by atoms with Gasteiger partial charge in [0.1, 0.15) is 5.75 Å². The Morgan fingerprint density at radius 2 is 2.00 bits per heavy atom. The largest absolute Gasteiger partial charge is 0.497 e. The SMILES string of the molecule is COc1ccc2[nH]cc(CCNC(=O)CN3c4ccccc4NC4=C(C(=O)CC(C)(C)C4)C3C3CC=CCC3)c2c1. The van der Waals surface area contributed by atoms with E-state index >= 15 is 0 Å². The third-order valence-corrected chi connectivity index (χ3v) is 8.81. The number of methoxy groups -OCH3 is 1. The number of ether oxygens (including phenoxy) is 1. The molecule has 3 N–H and O–H groups in total. The molecule has 7 heteroatoms. The van der Waals surface area contributed by atoms with Crippen LogP contribution in [0.2, 0.25) is 0 Å². The first-order valence-corrected chi connectivity index (χ1v) is 14.8. The molecule has 6 rings (SSSR count). The third-order valence-electron chi connectivity index (χ3n) is 8.81. The number of ketones is 1. The lowest BCUT2D eigenvalue weighted by atomic mass is 9.71. The van der Waals surface area contributed by atoms with Crippen molar-refractivity contribution in [2.24, 2.45) is 11.3 Å². The standard InChI is InChI=1S/C34H40N4O3/c1-34(2)18-28-32(30(39)19-34)33(22-9-5-4-6-10-22)38(29-12-8-7-11-27(29)37-28)21-31(40)35-16-15-23-20-36-26-14-13-24(41-3)17-25(23)26/h4-5,7-8,11-14,17,20,22,33,36-37H,6,9-10,15-16,18-19,21H2,1-3H3,(H,35,40). The molecular formula is C34H40N4O3. The van der Waals surface area contributed by atoms with Crippen LogP contribution in [0.15, 0.2) is 72.1 Å². The molecule has 1 aliphatic heterocycles. The maximum absolute atomic E-state index is 13.8. The van der Waals surface area contributed by atoms with Crippen molar-refractivity contribution in [2.45, 2.75) is 58.4 Å². The van der Waals surface area contributed by atoms with E-state index in [2.05, 4.69) is 58.6 Å². The maximum Gasteiger partial charge on any atom is 0.239 e. The van der Waals surface area contributed by atoms with Crippen LogP contribution in [0.3, 0.4) is 0 Å². The molecule has 2 aromatic carbocycles. The van der Waals surface area contributed by atoms with Crippen LogP contribution in [-0.4, -0.2) is 42.9 Å².